The maximum absolute atomic E-state index is 13.6. The number of nitrogens with one attached hydrogen (secondary N) is 2. The maximum Gasteiger partial charge on any atom is 0.306 e. The van der Waals surface area contributed by atoms with E-state index in [1.807, 2.05) is 13.0 Å². The zero-order valence-corrected chi connectivity index (χ0v) is 30.7. The van der Waals surface area contributed by atoms with E-state index in [1.54, 1.807) is 44.2 Å². The molecule has 12 nitrogen and oxygen atoms in total. The van der Waals surface area contributed by atoms with E-state index in [1.165, 1.54) is 0 Å². The summed E-state index contributed by atoms with van der Waals surface area (Å²) in [4.78, 5) is 75.8. The fraction of sp³-hybridized carbons (Fsp3) is 0.650. The van der Waals surface area contributed by atoms with E-state index in [0.29, 0.717) is 19.3 Å². The molecule has 2 amide bonds. The van der Waals surface area contributed by atoms with Gasteiger partial charge < -0.3 is 30.7 Å². The molecule has 4 aliphatic rings. The number of aliphatic carboxylic acids is 1. The molecular formula is C40H54N2O10. The monoisotopic (exact) mass is 722 g/mol. The van der Waals surface area contributed by atoms with Gasteiger partial charge in [0, 0.05) is 30.7 Å². The highest BCUT2D eigenvalue weighted by molar-refractivity contribution is 5.93. The van der Waals surface area contributed by atoms with Crippen molar-refractivity contribution in [1.82, 2.24) is 10.6 Å². The minimum Gasteiger partial charge on any atom is -0.481 e. The van der Waals surface area contributed by atoms with E-state index in [9.17, 15) is 44.1 Å². The normalized spacial score (nSPS) is 32.0. The van der Waals surface area contributed by atoms with Gasteiger partial charge in [0.1, 0.15) is 11.6 Å². The van der Waals surface area contributed by atoms with Gasteiger partial charge in [-0.05, 0) is 79.3 Å². The predicted octanol–water partition coefficient (Wildman–Crippen LogP) is 3.63. The Morgan fingerprint density at radius 2 is 1.71 bits per heavy atom. The summed E-state index contributed by atoms with van der Waals surface area (Å²) in [6.07, 6.45) is 3.86. The van der Waals surface area contributed by atoms with Gasteiger partial charge in [-0.25, -0.2) is 0 Å². The van der Waals surface area contributed by atoms with Crippen LogP contribution >= 0.6 is 0 Å². The number of benzene rings is 1. The second kappa shape index (κ2) is 15.6. The minimum atomic E-state index is -1.79. The Hall–Kier alpha value is -3.90. The number of hydrogen-bond donors (Lipinski definition) is 5. The van der Waals surface area contributed by atoms with Gasteiger partial charge in [-0.15, -0.1) is 0 Å². The Balaban J connectivity index is 1.12. The molecule has 12 heteroatoms. The number of carboxylic acids is 1. The van der Waals surface area contributed by atoms with Crippen LogP contribution in [0.3, 0.4) is 0 Å². The summed E-state index contributed by atoms with van der Waals surface area (Å²) in [7, 11) is 0. The number of carbonyl (C=O) groups excluding carboxylic acids is 5. The van der Waals surface area contributed by atoms with Gasteiger partial charge in [-0.3, -0.25) is 28.8 Å². The second-order valence-electron chi connectivity index (χ2n) is 16.3. The smallest absolute Gasteiger partial charge is 0.306 e. The molecule has 0 bridgehead atoms. The van der Waals surface area contributed by atoms with Crippen LogP contribution in [0.15, 0.2) is 42.0 Å². The number of esters is 1. The van der Waals surface area contributed by atoms with Crippen LogP contribution in [0.4, 0.5) is 0 Å². The van der Waals surface area contributed by atoms with Crippen LogP contribution in [-0.2, 0) is 33.5 Å². The fourth-order valence-electron chi connectivity index (χ4n) is 10.1. The molecule has 52 heavy (non-hydrogen) atoms. The molecule has 0 radical (unpaired) electrons. The largest absolute Gasteiger partial charge is 0.481 e. The highest BCUT2D eigenvalue weighted by Crippen LogP contribution is 2.67. The van der Waals surface area contributed by atoms with Crippen molar-refractivity contribution in [1.29, 1.82) is 0 Å². The average Bonchev–Trinajstić information content (AvgIpc) is 3.37. The topological polar surface area (TPSA) is 196 Å². The highest BCUT2D eigenvalue weighted by atomic mass is 16.5. The SMILES string of the molecule is CC(C)[C@H](NC(=O)CCC(=O)OCC(=O)[C@]1(O)CC[C@@H]2[C@@H]3CCC4=CC(=O)CC[C@]4(C)[C@@H]3[C@@H](O)C[C@@]21C)C(=O)NC[C@@H](CC(=O)O)c1ccccc1. The number of rotatable bonds is 14. The van der Waals surface area contributed by atoms with Crippen LogP contribution in [0.25, 0.3) is 0 Å². The number of aliphatic hydroxyl groups is 2. The first-order valence-corrected chi connectivity index (χ1v) is 18.7. The van der Waals surface area contributed by atoms with Crippen LogP contribution in [0, 0.1) is 34.5 Å². The van der Waals surface area contributed by atoms with Crippen molar-refractivity contribution < 1.29 is 48.8 Å². The molecule has 5 N–H and O–H groups in total. The van der Waals surface area contributed by atoms with Crippen molar-refractivity contribution in [2.45, 2.75) is 116 Å². The number of Topliss-reactive ketones (excluding diaryl/α,β-unsaturated/α-hetero) is 1. The zero-order chi connectivity index (χ0) is 38.0. The van der Waals surface area contributed by atoms with Gasteiger partial charge in [0.2, 0.25) is 17.6 Å². The maximum atomic E-state index is 13.6. The van der Waals surface area contributed by atoms with Crippen molar-refractivity contribution in [3.63, 3.8) is 0 Å². The van der Waals surface area contributed by atoms with E-state index in [4.69, 9.17) is 4.74 Å². The van der Waals surface area contributed by atoms with Gasteiger partial charge in [-0.1, -0.05) is 63.6 Å². The summed E-state index contributed by atoms with van der Waals surface area (Å²) in [5.74, 6) is -4.12. The molecule has 4 aliphatic carbocycles. The standard InChI is InChI=1S/C40H54N2O10/c1-23(2)36(37(50)41-21-25(18-33(47)48)24-8-6-5-7-9-24)42-32(46)12-13-34(49)52-22-31(45)40(51)17-15-29-28-11-10-26-19-27(43)14-16-38(26,3)35(28)30(44)20-39(29,40)4/h5-9,19,23,25,28-30,35-36,44,51H,10-18,20-22H2,1-4H3,(H,41,50)(H,42,46)(H,47,48)/t25-,28+,29-,30+,35+,36+,38+,39+,40-/m1/s1. The molecule has 0 unspecified atom stereocenters. The number of aliphatic hydroxyl groups excluding tert-OH is 1. The Labute approximate surface area is 305 Å². The van der Waals surface area contributed by atoms with Crippen LogP contribution in [0.5, 0.6) is 0 Å². The lowest BCUT2D eigenvalue weighted by Gasteiger charge is -2.60. The minimum absolute atomic E-state index is 0.0160. The van der Waals surface area contributed by atoms with Gasteiger partial charge in [-0.2, -0.15) is 0 Å². The number of carbonyl (C=O) groups is 6. The summed E-state index contributed by atoms with van der Waals surface area (Å²) in [5, 5.41) is 38.3. The first kappa shape index (κ1) is 39.3. The van der Waals surface area contributed by atoms with Crippen molar-refractivity contribution >= 4 is 35.3 Å². The first-order chi connectivity index (χ1) is 24.5. The molecule has 5 rings (SSSR count). The predicted molar refractivity (Wildman–Crippen MR) is 189 cm³/mol. The van der Waals surface area contributed by atoms with Crippen LogP contribution in [0.2, 0.25) is 0 Å². The molecule has 3 saturated carbocycles. The van der Waals surface area contributed by atoms with E-state index in [-0.39, 0.29) is 73.5 Å². The summed E-state index contributed by atoms with van der Waals surface area (Å²) in [6.45, 7) is 6.90. The van der Waals surface area contributed by atoms with E-state index in [2.05, 4.69) is 17.6 Å². The molecule has 0 heterocycles. The number of ether oxygens (including phenoxy) is 1. The lowest BCUT2D eigenvalue weighted by molar-refractivity contribution is -0.184. The zero-order valence-electron chi connectivity index (χ0n) is 30.7. The number of hydrogen-bond acceptors (Lipinski definition) is 9. The average molecular weight is 723 g/mol. The van der Waals surface area contributed by atoms with Crippen LogP contribution in [-0.4, -0.2) is 81.5 Å². The molecule has 0 aromatic heterocycles. The Morgan fingerprint density at radius 1 is 1.00 bits per heavy atom. The molecule has 0 spiro atoms. The van der Waals surface area contributed by atoms with Crippen molar-refractivity contribution in [2.24, 2.45) is 34.5 Å². The third-order valence-corrected chi connectivity index (χ3v) is 12.9. The van der Waals surface area contributed by atoms with E-state index in [0.717, 1.165) is 24.0 Å². The fourth-order valence-corrected chi connectivity index (χ4v) is 10.1. The number of carboxylic acid groups (broad SMARTS) is 1. The number of allylic oxidation sites excluding steroid dienone is 1. The van der Waals surface area contributed by atoms with Crippen molar-refractivity contribution in [3.8, 4) is 0 Å². The van der Waals surface area contributed by atoms with Crippen molar-refractivity contribution in [3.05, 3.63) is 47.5 Å². The highest BCUT2D eigenvalue weighted by Gasteiger charge is 2.68. The second-order valence-corrected chi connectivity index (χ2v) is 16.3. The number of ketones is 2. The van der Waals surface area contributed by atoms with Crippen molar-refractivity contribution in [2.75, 3.05) is 13.2 Å². The van der Waals surface area contributed by atoms with Gasteiger partial charge >= 0.3 is 11.9 Å². The molecule has 9 atom stereocenters. The van der Waals surface area contributed by atoms with Gasteiger partial charge in [0.15, 0.2) is 12.4 Å². The number of fused-ring (bicyclic) bond motifs is 5. The Kier molecular flexibility index (Phi) is 11.8. The van der Waals surface area contributed by atoms with Crippen LogP contribution in [0.1, 0.15) is 103 Å². The molecule has 3 fully saturated rings. The Morgan fingerprint density at radius 3 is 2.38 bits per heavy atom. The first-order valence-electron chi connectivity index (χ1n) is 18.7. The molecule has 0 saturated heterocycles. The van der Waals surface area contributed by atoms with Crippen LogP contribution < -0.4 is 10.6 Å². The number of amides is 2. The lowest BCUT2D eigenvalue weighted by atomic mass is 9.45. The third-order valence-electron chi connectivity index (χ3n) is 12.9. The Bertz CT molecular complexity index is 1590. The molecule has 0 aliphatic heterocycles. The van der Waals surface area contributed by atoms with E-state index < -0.39 is 65.2 Å². The molecular weight excluding hydrogens is 668 g/mol. The molecule has 1 aromatic carbocycles. The quantitative estimate of drug-likeness (QED) is 0.177. The lowest BCUT2D eigenvalue weighted by Crippen LogP contribution is -2.62. The van der Waals surface area contributed by atoms with Gasteiger partial charge in [0.25, 0.3) is 0 Å². The van der Waals surface area contributed by atoms with Gasteiger partial charge in [0.05, 0.1) is 18.9 Å². The summed E-state index contributed by atoms with van der Waals surface area (Å²) < 4.78 is 5.27. The summed E-state index contributed by atoms with van der Waals surface area (Å²) in [5.41, 5.74) is -1.13. The molecule has 1 aromatic rings. The molecule has 284 valence electrons. The van der Waals surface area contributed by atoms with E-state index >= 15 is 0 Å². The summed E-state index contributed by atoms with van der Waals surface area (Å²) in [6, 6.07) is 8.04. The summed E-state index contributed by atoms with van der Waals surface area (Å²) >= 11 is 0. The third kappa shape index (κ3) is 7.74.